The molecule has 0 aliphatic heterocycles. The molecule has 3 aromatic rings. The zero-order chi connectivity index (χ0) is 18.4. The summed E-state index contributed by atoms with van der Waals surface area (Å²) in [5, 5.41) is 11.1. The van der Waals surface area contributed by atoms with Crippen molar-refractivity contribution >= 4 is 23.2 Å². The highest BCUT2D eigenvalue weighted by atomic mass is 32.1. The molecule has 3 rings (SSSR count). The van der Waals surface area contributed by atoms with Gasteiger partial charge in [-0.25, -0.2) is 0 Å². The van der Waals surface area contributed by atoms with Crippen LogP contribution in [0.25, 0.3) is 10.6 Å². The number of nitrogens with zero attached hydrogens (tertiary/aromatic N) is 1. The summed E-state index contributed by atoms with van der Waals surface area (Å²) >= 11 is 1.50. The van der Waals surface area contributed by atoms with Crippen LogP contribution in [-0.4, -0.2) is 35.0 Å². The van der Waals surface area contributed by atoms with E-state index in [0.29, 0.717) is 30.8 Å². The Morgan fingerprint density at radius 3 is 2.69 bits per heavy atom. The van der Waals surface area contributed by atoms with Crippen molar-refractivity contribution in [2.45, 2.75) is 6.42 Å². The van der Waals surface area contributed by atoms with Crippen molar-refractivity contribution in [3.8, 4) is 10.6 Å². The molecule has 2 amide bonds. The predicted octanol–water partition coefficient (Wildman–Crippen LogP) is 1.64. The lowest BCUT2D eigenvalue weighted by atomic mass is 10.2. The molecule has 0 fully saturated rings. The summed E-state index contributed by atoms with van der Waals surface area (Å²) in [6.07, 6.45) is 1.95. The summed E-state index contributed by atoms with van der Waals surface area (Å²) in [6, 6.07) is 8.12. The Hall–Kier alpha value is -3.20. The van der Waals surface area contributed by atoms with Gasteiger partial charge in [-0.2, -0.15) is 0 Å². The number of thiophene rings is 1. The summed E-state index contributed by atoms with van der Waals surface area (Å²) in [5.41, 5.74) is 0.168. The fourth-order valence-corrected chi connectivity index (χ4v) is 2.86. The van der Waals surface area contributed by atoms with Crippen molar-refractivity contribution in [3.05, 3.63) is 63.5 Å². The van der Waals surface area contributed by atoms with E-state index in [1.165, 1.54) is 29.7 Å². The lowest BCUT2D eigenvalue weighted by Crippen LogP contribution is -2.30. The Bertz CT molecular complexity index is 946. The van der Waals surface area contributed by atoms with E-state index in [9.17, 15) is 14.4 Å². The number of pyridine rings is 1. The highest BCUT2D eigenvalue weighted by Crippen LogP contribution is 2.24. The second-order valence-electron chi connectivity index (χ2n) is 5.36. The zero-order valence-electron chi connectivity index (χ0n) is 13.7. The molecule has 26 heavy (non-hydrogen) atoms. The quantitative estimate of drug-likeness (QED) is 0.545. The number of H-pyrrole nitrogens is 1. The normalized spacial score (nSPS) is 10.5. The molecule has 3 N–H and O–H groups in total. The number of aromatic nitrogens is 2. The molecule has 134 valence electrons. The molecule has 3 aromatic heterocycles. The van der Waals surface area contributed by atoms with Crippen LogP contribution in [0.3, 0.4) is 0 Å². The van der Waals surface area contributed by atoms with Gasteiger partial charge in [-0.3, -0.25) is 14.4 Å². The van der Waals surface area contributed by atoms with E-state index in [2.05, 4.69) is 20.8 Å². The van der Waals surface area contributed by atoms with Gasteiger partial charge >= 0.3 is 0 Å². The molecule has 0 saturated heterocycles. The van der Waals surface area contributed by atoms with Crippen molar-refractivity contribution in [1.82, 2.24) is 20.8 Å². The van der Waals surface area contributed by atoms with Gasteiger partial charge in [-0.15, -0.1) is 11.3 Å². The van der Waals surface area contributed by atoms with Crippen LogP contribution in [0.15, 0.2) is 51.2 Å². The second kappa shape index (κ2) is 8.26. The summed E-state index contributed by atoms with van der Waals surface area (Å²) < 4.78 is 5.16. The second-order valence-corrected chi connectivity index (χ2v) is 6.31. The van der Waals surface area contributed by atoms with E-state index in [0.717, 1.165) is 4.88 Å². The minimum Gasteiger partial charge on any atom is -0.355 e. The molecule has 0 bridgehead atoms. The number of amides is 2. The minimum atomic E-state index is -0.336. The topological polar surface area (TPSA) is 117 Å². The molecule has 0 saturated carbocycles. The Morgan fingerprint density at radius 1 is 1.15 bits per heavy atom. The highest BCUT2D eigenvalue weighted by molar-refractivity contribution is 7.13. The van der Waals surface area contributed by atoms with Crippen molar-refractivity contribution in [2.24, 2.45) is 0 Å². The molecule has 0 aliphatic carbocycles. The van der Waals surface area contributed by atoms with Crippen LogP contribution < -0.4 is 16.2 Å². The van der Waals surface area contributed by atoms with Crippen LogP contribution in [0.4, 0.5) is 0 Å². The van der Waals surface area contributed by atoms with Crippen LogP contribution >= 0.6 is 11.3 Å². The third kappa shape index (κ3) is 4.45. The number of aromatic amines is 1. The first kappa shape index (κ1) is 17.6. The van der Waals surface area contributed by atoms with Crippen molar-refractivity contribution < 1.29 is 14.1 Å². The van der Waals surface area contributed by atoms with Crippen molar-refractivity contribution in [2.75, 3.05) is 13.1 Å². The average molecular weight is 372 g/mol. The smallest absolute Gasteiger partial charge is 0.273 e. The fourth-order valence-electron chi connectivity index (χ4n) is 2.19. The number of carbonyl (C=O) groups excluding carboxylic acids is 2. The molecule has 0 spiro atoms. The molecular formula is C17H16N4O4S. The average Bonchev–Trinajstić information content (AvgIpc) is 3.32. The first-order chi connectivity index (χ1) is 12.6. The maximum atomic E-state index is 12.0. The summed E-state index contributed by atoms with van der Waals surface area (Å²) in [7, 11) is 0. The van der Waals surface area contributed by atoms with Crippen LogP contribution in [0.2, 0.25) is 0 Å². The molecule has 0 unspecified atom stereocenters. The SMILES string of the molecule is O=C(NCCCNC(=O)c1cc(-c2cccs2)on1)c1cc[nH]c(=O)c1. The lowest BCUT2D eigenvalue weighted by molar-refractivity contribution is 0.0944. The van der Waals surface area contributed by atoms with Crippen LogP contribution in [0.1, 0.15) is 27.3 Å². The Morgan fingerprint density at radius 2 is 1.96 bits per heavy atom. The number of carbonyl (C=O) groups is 2. The van der Waals surface area contributed by atoms with E-state index in [1.807, 2.05) is 17.5 Å². The first-order valence-corrected chi connectivity index (χ1v) is 8.77. The van der Waals surface area contributed by atoms with Gasteiger partial charge in [0.15, 0.2) is 11.5 Å². The molecule has 3 heterocycles. The van der Waals surface area contributed by atoms with Gasteiger partial charge in [0.05, 0.1) is 4.88 Å². The van der Waals surface area contributed by atoms with Gasteiger partial charge in [0.2, 0.25) is 5.56 Å². The number of rotatable bonds is 7. The van der Waals surface area contributed by atoms with Crippen LogP contribution in [0, 0.1) is 0 Å². The third-order valence-corrected chi connectivity index (χ3v) is 4.35. The molecule has 0 atom stereocenters. The maximum absolute atomic E-state index is 12.0. The van der Waals surface area contributed by atoms with E-state index >= 15 is 0 Å². The van der Waals surface area contributed by atoms with E-state index in [-0.39, 0.29) is 23.1 Å². The van der Waals surface area contributed by atoms with Gasteiger partial charge in [0.1, 0.15) is 0 Å². The zero-order valence-corrected chi connectivity index (χ0v) is 14.5. The number of nitrogens with one attached hydrogen (secondary N) is 3. The molecule has 0 aliphatic rings. The van der Waals surface area contributed by atoms with Gasteiger partial charge in [-0.1, -0.05) is 11.2 Å². The molecule has 0 radical (unpaired) electrons. The van der Waals surface area contributed by atoms with Crippen LogP contribution in [-0.2, 0) is 0 Å². The van der Waals surface area contributed by atoms with Gasteiger partial charge in [-0.05, 0) is 23.9 Å². The minimum absolute atomic E-state index is 0.209. The molecule has 8 nitrogen and oxygen atoms in total. The Balaban J connectivity index is 1.40. The van der Waals surface area contributed by atoms with Gasteiger partial charge < -0.3 is 20.1 Å². The monoisotopic (exact) mass is 372 g/mol. The van der Waals surface area contributed by atoms with E-state index in [1.54, 1.807) is 6.07 Å². The fraction of sp³-hybridized carbons (Fsp3) is 0.176. The Kier molecular flexibility index (Phi) is 5.59. The third-order valence-electron chi connectivity index (χ3n) is 3.47. The van der Waals surface area contributed by atoms with Gasteiger partial charge in [0.25, 0.3) is 11.8 Å². The highest BCUT2D eigenvalue weighted by Gasteiger charge is 2.13. The first-order valence-electron chi connectivity index (χ1n) is 7.89. The van der Waals surface area contributed by atoms with Crippen molar-refractivity contribution in [3.63, 3.8) is 0 Å². The number of hydrogen-bond donors (Lipinski definition) is 3. The molecular weight excluding hydrogens is 356 g/mol. The summed E-state index contributed by atoms with van der Waals surface area (Å²) in [4.78, 5) is 38.4. The lowest BCUT2D eigenvalue weighted by Gasteiger charge is -2.05. The summed E-state index contributed by atoms with van der Waals surface area (Å²) in [6.45, 7) is 0.737. The van der Waals surface area contributed by atoms with E-state index < -0.39 is 0 Å². The van der Waals surface area contributed by atoms with Crippen LogP contribution in [0.5, 0.6) is 0 Å². The molecule has 0 aromatic carbocycles. The number of hydrogen-bond acceptors (Lipinski definition) is 6. The standard InChI is InChI=1S/C17H16N4O4S/c22-15-9-11(4-7-18-15)16(23)19-5-2-6-20-17(24)12-10-13(25-21-12)14-3-1-8-26-14/h1,3-4,7-10H,2,5-6H2,(H,18,22)(H,19,23)(H,20,24). The summed E-state index contributed by atoms with van der Waals surface area (Å²) in [5.74, 6) is -0.118. The molecule has 9 heteroatoms. The maximum Gasteiger partial charge on any atom is 0.273 e. The Labute approximate surface area is 152 Å². The predicted molar refractivity (Wildman–Crippen MR) is 96.2 cm³/mol. The van der Waals surface area contributed by atoms with Gasteiger partial charge in [0, 0.05) is 37.0 Å². The van der Waals surface area contributed by atoms with Crippen molar-refractivity contribution in [1.29, 1.82) is 0 Å². The largest absolute Gasteiger partial charge is 0.355 e. The van der Waals surface area contributed by atoms with E-state index in [4.69, 9.17) is 4.52 Å².